The molecule has 0 saturated carbocycles. The lowest BCUT2D eigenvalue weighted by atomic mass is 9.91. The van der Waals surface area contributed by atoms with Crippen LogP contribution in [0, 0.1) is 6.92 Å². The second kappa shape index (κ2) is 4.17. The van der Waals surface area contributed by atoms with Gasteiger partial charge in [-0.3, -0.25) is 0 Å². The van der Waals surface area contributed by atoms with Crippen molar-refractivity contribution in [1.29, 1.82) is 0 Å². The number of benzene rings is 2. The molecule has 19 heavy (non-hydrogen) atoms. The number of aryl methyl sites for hydroxylation is 1. The second-order valence-corrected chi connectivity index (χ2v) is 4.77. The average Bonchev–Trinajstić information content (AvgIpc) is 2.44. The molecular formula is C15H15N3O. The quantitative estimate of drug-likeness (QED) is 0.848. The summed E-state index contributed by atoms with van der Waals surface area (Å²) < 4.78 is 0. The Morgan fingerprint density at radius 2 is 1.74 bits per heavy atom. The molecule has 1 aliphatic rings. The monoisotopic (exact) mass is 253 g/mol. The van der Waals surface area contributed by atoms with Crippen LogP contribution in [0.1, 0.15) is 16.7 Å². The van der Waals surface area contributed by atoms with E-state index < -0.39 is 5.72 Å². The first-order valence-corrected chi connectivity index (χ1v) is 6.17. The molecule has 0 aliphatic carbocycles. The minimum atomic E-state index is -1.27. The van der Waals surface area contributed by atoms with Crippen LogP contribution in [0.3, 0.4) is 0 Å². The first-order valence-electron chi connectivity index (χ1n) is 6.17. The van der Waals surface area contributed by atoms with Gasteiger partial charge in [0, 0.05) is 18.2 Å². The van der Waals surface area contributed by atoms with Gasteiger partial charge in [-0.1, -0.05) is 53.3 Å². The van der Waals surface area contributed by atoms with Gasteiger partial charge in [-0.15, -0.1) is 5.11 Å². The fraction of sp³-hybridized carbons (Fsp3) is 0.200. The van der Waals surface area contributed by atoms with Gasteiger partial charge in [0.25, 0.3) is 0 Å². The summed E-state index contributed by atoms with van der Waals surface area (Å²) in [4.78, 5) is 0. The molecule has 0 fully saturated rings. The van der Waals surface area contributed by atoms with Crippen LogP contribution >= 0.6 is 0 Å². The number of hydrogen-bond donors (Lipinski definition) is 1. The van der Waals surface area contributed by atoms with Crippen LogP contribution in [-0.2, 0) is 5.72 Å². The molecule has 4 heteroatoms. The van der Waals surface area contributed by atoms with Crippen molar-refractivity contribution in [2.75, 3.05) is 7.05 Å². The summed E-state index contributed by atoms with van der Waals surface area (Å²) in [6, 6.07) is 15.3. The molecule has 0 unspecified atom stereocenters. The highest BCUT2D eigenvalue weighted by Gasteiger charge is 2.40. The van der Waals surface area contributed by atoms with Gasteiger partial charge in [-0.05, 0) is 13.0 Å². The van der Waals surface area contributed by atoms with Gasteiger partial charge in [-0.25, -0.2) is 5.01 Å². The van der Waals surface area contributed by atoms with Crippen molar-refractivity contribution in [2.24, 2.45) is 10.3 Å². The van der Waals surface area contributed by atoms with Gasteiger partial charge in [0.15, 0.2) is 0 Å². The standard InChI is InChI=1S/C15H15N3O/c1-11-7-9-12(10-8-11)15(19)13-5-3-4-6-14(13)16-17-18(15)2/h3-10,19H,1-2H3/t15-/m0/s1. The maximum Gasteiger partial charge on any atom is 0.209 e. The van der Waals surface area contributed by atoms with E-state index >= 15 is 0 Å². The molecule has 3 rings (SSSR count). The topological polar surface area (TPSA) is 48.2 Å². The van der Waals surface area contributed by atoms with E-state index in [9.17, 15) is 5.11 Å². The lowest BCUT2D eigenvalue weighted by Crippen LogP contribution is -2.43. The first-order chi connectivity index (χ1) is 9.12. The van der Waals surface area contributed by atoms with Crippen molar-refractivity contribution in [1.82, 2.24) is 5.01 Å². The minimum absolute atomic E-state index is 0.698. The SMILES string of the molecule is Cc1ccc([C@]2(O)c3ccccc3N=NN2C)cc1. The van der Waals surface area contributed by atoms with Gasteiger partial charge >= 0.3 is 0 Å². The zero-order valence-corrected chi connectivity index (χ0v) is 10.9. The third kappa shape index (κ3) is 1.72. The highest BCUT2D eigenvalue weighted by atomic mass is 16.3. The van der Waals surface area contributed by atoms with Crippen LogP contribution in [0.15, 0.2) is 58.9 Å². The normalized spacial score (nSPS) is 21.3. The van der Waals surface area contributed by atoms with Crippen LogP contribution in [0.4, 0.5) is 5.69 Å². The van der Waals surface area contributed by atoms with Crippen LogP contribution in [-0.4, -0.2) is 17.2 Å². The predicted octanol–water partition coefficient (Wildman–Crippen LogP) is 3.13. The number of nitrogens with zero attached hydrogens (tertiary/aromatic N) is 3. The van der Waals surface area contributed by atoms with E-state index in [-0.39, 0.29) is 0 Å². The maximum absolute atomic E-state index is 11.1. The van der Waals surface area contributed by atoms with Crippen molar-refractivity contribution in [3.8, 4) is 0 Å². The van der Waals surface area contributed by atoms with Crippen molar-refractivity contribution >= 4 is 5.69 Å². The Balaban J connectivity index is 2.21. The highest BCUT2D eigenvalue weighted by Crippen LogP contribution is 2.41. The van der Waals surface area contributed by atoms with Gasteiger partial charge in [0.05, 0.1) is 5.69 Å². The van der Waals surface area contributed by atoms with E-state index in [4.69, 9.17) is 0 Å². The summed E-state index contributed by atoms with van der Waals surface area (Å²) in [6.45, 7) is 2.02. The molecule has 0 bridgehead atoms. The van der Waals surface area contributed by atoms with Crippen LogP contribution in [0.2, 0.25) is 0 Å². The van der Waals surface area contributed by atoms with Crippen molar-refractivity contribution < 1.29 is 5.11 Å². The predicted molar refractivity (Wildman–Crippen MR) is 72.9 cm³/mol. The van der Waals surface area contributed by atoms with E-state index in [2.05, 4.69) is 10.3 Å². The Kier molecular flexibility index (Phi) is 2.61. The molecular weight excluding hydrogens is 238 g/mol. The molecule has 0 amide bonds. The lowest BCUT2D eigenvalue weighted by molar-refractivity contribution is -0.0736. The largest absolute Gasteiger partial charge is 0.362 e. The number of rotatable bonds is 1. The van der Waals surface area contributed by atoms with E-state index in [0.717, 1.165) is 16.7 Å². The number of aliphatic hydroxyl groups is 1. The smallest absolute Gasteiger partial charge is 0.209 e. The lowest BCUT2D eigenvalue weighted by Gasteiger charge is -2.38. The summed E-state index contributed by atoms with van der Waals surface area (Å²) in [5.74, 6) is 0. The second-order valence-electron chi connectivity index (χ2n) is 4.77. The van der Waals surface area contributed by atoms with Crippen molar-refractivity contribution in [3.63, 3.8) is 0 Å². The van der Waals surface area contributed by atoms with E-state index in [1.165, 1.54) is 5.01 Å². The third-order valence-corrected chi connectivity index (χ3v) is 3.49. The summed E-state index contributed by atoms with van der Waals surface area (Å²) in [7, 11) is 1.72. The minimum Gasteiger partial charge on any atom is -0.362 e. The molecule has 1 aliphatic heterocycles. The maximum atomic E-state index is 11.1. The Hall–Kier alpha value is -2.20. The van der Waals surface area contributed by atoms with E-state index in [1.54, 1.807) is 7.05 Å². The Bertz CT molecular complexity index is 636. The summed E-state index contributed by atoms with van der Waals surface area (Å²) in [5.41, 5.74) is 2.11. The Morgan fingerprint density at radius 1 is 1.05 bits per heavy atom. The molecule has 1 N–H and O–H groups in total. The molecule has 2 aromatic carbocycles. The molecule has 1 atom stereocenters. The molecule has 0 radical (unpaired) electrons. The van der Waals surface area contributed by atoms with Crippen LogP contribution < -0.4 is 0 Å². The first kappa shape index (κ1) is 11.9. The van der Waals surface area contributed by atoms with Gasteiger partial charge < -0.3 is 5.11 Å². The van der Waals surface area contributed by atoms with Crippen LogP contribution in [0.25, 0.3) is 0 Å². The fourth-order valence-electron chi connectivity index (χ4n) is 2.34. The average molecular weight is 253 g/mol. The van der Waals surface area contributed by atoms with E-state index in [1.807, 2.05) is 55.5 Å². The molecule has 1 heterocycles. The number of hydrogen-bond acceptors (Lipinski definition) is 4. The number of fused-ring (bicyclic) bond motifs is 1. The fourth-order valence-corrected chi connectivity index (χ4v) is 2.34. The molecule has 0 saturated heterocycles. The highest BCUT2D eigenvalue weighted by molar-refractivity contribution is 5.53. The van der Waals surface area contributed by atoms with Crippen molar-refractivity contribution in [2.45, 2.75) is 12.6 Å². The van der Waals surface area contributed by atoms with E-state index in [0.29, 0.717) is 5.69 Å². The molecule has 2 aromatic rings. The Labute approximate surface area is 112 Å². The third-order valence-electron chi connectivity index (χ3n) is 3.49. The zero-order chi connectivity index (χ0) is 13.5. The van der Waals surface area contributed by atoms with Gasteiger partial charge in [0.1, 0.15) is 0 Å². The summed E-state index contributed by atoms with van der Waals surface area (Å²) in [6.07, 6.45) is 0. The molecule has 96 valence electrons. The summed E-state index contributed by atoms with van der Waals surface area (Å²) >= 11 is 0. The summed E-state index contributed by atoms with van der Waals surface area (Å²) in [5, 5.41) is 20.7. The molecule has 0 spiro atoms. The Morgan fingerprint density at radius 3 is 2.47 bits per heavy atom. The van der Waals surface area contributed by atoms with Gasteiger partial charge in [-0.2, -0.15) is 0 Å². The van der Waals surface area contributed by atoms with Gasteiger partial charge in [0.2, 0.25) is 5.72 Å². The van der Waals surface area contributed by atoms with Crippen LogP contribution in [0.5, 0.6) is 0 Å². The molecule has 4 nitrogen and oxygen atoms in total. The molecule has 0 aromatic heterocycles. The van der Waals surface area contributed by atoms with Crippen molar-refractivity contribution in [3.05, 3.63) is 65.2 Å². The zero-order valence-electron chi connectivity index (χ0n) is 10.9.